The van der Waals surface area contributed by atoms with Crippen molar-refractivity contribution in [3.63, 3.8) is 0 Å². The fourth-order valence-electron chi connectivity index (χ4n) is 3.93. The van der Waals surface area contributed by atoms with Crippen LogP contribution in [-0.4, -0.2) is 71.4 Å². The number of hydrogen-bond acceptors (Lipinski definition) is 4. The van der Waals surface area contributed by atoms with E-state index < -0.39 is 0 Å². The first-order chi connectivity index (χ1) is 9.28. The van der Waals surface area contributed by atoms with Gasteiger partial charge in [-0.1, -0.05) is 13.8 Å². The van der Waals surface area contributed by atoms with E-state index in [2.05, 4.69) is 49.9 Å². The Hall–Kier alpha value is -0.160. The molecule has 0 amide bonds. The Morgan fingerprint density at radius 2 is 2.00 bits per heavy atom. The van der Waals surface area contributed by atoms with Crippen LogP contribution in [0.15, 0.2) is 0 Å². The van der Waals surface area contributed by atoms with Crippen LogP contribution in [0.1, 0.15) is 47.0 Å². The molecule has 0 bridgehead atoms. The van der Waals surface area contributed by atoms with Gasteiger partial charge in [-0.2, -0.15) is 0 Å². The van der Waals surface area contributed by atoms with Gasteiger partial charge in [0.05, 0.1) is 6.61 Å². The van der Waals surface area contributed by atoms with Crippen LogP contribution < -0.4 is 5.32 Å². The van der Waals surface area contributed by atoms with Crippen molar-refractivity contribution in [3.05, 3.63) is 0 Å². The molecular formula is C16H33N3O. The standard InChI is InChI=1S/C16H33N3O/c1-13(2)17-16(12-20)7-6-14(10-16)19-9-8-18(5)15(3,4)11-19/h13-14,17,20H,6-12H2,1-5H3. The number of hydrogen-bond donors (Lipinski definition) is 2. The van der Waals surface area contributed by atoms with E-state index in [9.17, 15) is 5.11 Å². The summed E-state index contributed by atoms with van der Waals surface area (Å²) in [5.41, 5.74) is 0.209. The Labute approximate surface area is 124 Å². The molecule has 0 radical (unpaired) electrons. The van der Waals surface area contributed by atoms with Crippen molar-refractivity contribution >= 4 is 0 Å². The van der Waals surface area contributed by atoms with Gasteiger partial charge in [-0.25, -0.2) is 0 Å². The lowest BCUT2D eigenvalue weighted by Gasteiger charge is -2.47. The highest BCUT2D eigenvalue weighted by atomic mass is 16.3. The smallest absolute Gasteiger partial charge is 0.0614 e. The second-order valence-corrected chi connectivity index (χ2v) is 7.84. The molecule has 0 spiro atoms. The van der Waals surface area contributed by atoms with E-state index in [0.717, 1.165) is 32.5 Å². The molecule has 0 aromatic heterocycles. The molecule has 0 aromatic rings. The molecule has 2 N–H and O–H groups in total. The Morgan fingerprint density at radius 3 is 2.55 bits per heavy atom. The number of piperazine rings is 1. The van der Waals surface area contributed by atoms with Crippen molar-refractivity contribution in [2.75, 3.05) is 33.3 Å². The van der Waals surface area contributed by atoms with Crippen molar-refractivity contribution in [2.45, 2.75) is 70.1 Å². The van der Waals surface area contributed by atoms with Crippen LogP contribution in [0.5, 0.6) is 0 Å². The molecule has 4 nitrogen and oxygen atoms in total. The molecule has 118 valence electrons. The number of nitrogens with one attached hydrogen (secondary N) is 1. The van der Waals surface area contributed by atoms with Gasteiger partial charge in [0, 0.05) is 42.8 Å². The van der Waals surface area contributed by atoms with Crippen LogP contribution in [0.4, 0.5) is 0 Å². The lowest BCUT2D eigenvalue weighted by molar-refractivity contribution is 0.0148. The molecule has 0 aromatic carbocycles. The molecule has 2 aliphatic rings. The van der Waals surface area contributed by atoms with Crippen molar-refractivity contribution in [2.24, 2.45) is 0 Å². The summed E-state index contributed by atoms with van der Waals surface area (Å²) in [6.45, 7) is 12.7. The van der Waals surface area contributed by atoms with Crippen LogP contribution in [0, 0.1) is 0 Å². The lowest BCUT2D eigenvalue weighted by Crippen LogP contribution is -2.60. The van der Waals surface area contributed by atoms with Gasteiger partial charge in [-0.15, -0.1) is 0 Å². The van der Waals surface area contributed by atoms with Gasteiger partial charge in [-0.05, 0) is 40.2 Å². The van der Waals surface area contributed by atoms with Gasteiger partial charge in [0.15, 0.2) is 0 Å². The van der Waals surface area contributed by atoms with E-state index in [4.69, 9.17) is 0 Å². The highest BCUT2D eigenvalue weighted by Crippen LogP contribution is 2.35. The summed E-state index contributed by atoms with van der Waals surface area (Å²) in [5, 5.41) is 13.5. The number of aliphatic hydroxyl groups is 1. The Bertz CT molecular complexity index is 332. The van der Waals surface area contributed by atoms with E-state index in [0.29, 0.717) is 12.1 Å². The number of aliphatic hydroxyl groups excluding tert-OH is 1. The first-order valence-corrected chi connectivity index (χ1v) is 8.12. The first-order valence-electron chi connectivity index (χ1n) is 8.12. The quantitative estimate of drug-likeness (QED) is 0.815. The number of likely N-dealkylation sites (N-methyl/N-ethyl adjacent to an activating group) is 1. The largest absolute Gasteiger partial charge is 0.394 e. The molecule has 1 saturated carbocycles. The predicted octanol–water partition coefficient (Wildman–Crippen LogP) is 1.29. The average Bonchev–Trinajstić information content (AvgIpc) is 2.76. The molecule has 2 fully saturated rings. The fourth-order valence-corrected chi connectivity index (χ4v) is 3.93. The highest BCUT2D eigenvalue weighted by Gasteiger charge is 2.43. The lowest BCUT2D eigenvalue weighted by atomic mass is 9.95. The maximum atomic E-state index is 9.84. The van der Waals surface area contributed by atoms with E-state index in [-0.39, 0.29) is 17.7 Å². The summed E-state index contributed by atoms with van der Waals surface area (Å²) in [6.07, 6.45) is 3.39. The van der Waals surface area contributed by atoms with Gasteiger partial charge < -0.3 is 10.4 Å². The minimum Gasteiger partial charge on any atom is -0.394 e. The zero-order valence-corrected chi connectivity index (χ0v) is 13.9. The van der Waals surface area contributed by atoms with Crippen molar-refractivity contribution in [1.82, 2.24) is 15.1 Å². The monoisotopic (exact) mass is 283 g/mol. The van der Waals surface area contributed by atoms with Gasteiger partial charge in [0.2, 0.25) is 0 Å². The van der Waals surface area contributed by atoms with Crippen LogP contribution in [0.25, 0.3) is 0 Å². The molecule has 2 rings (SSSR count). The fraction of sp³-hybridized carbons (Fsp3) is 1.00. The van der Waals surface area contributed by atoms with Crippen LogP contribution >= 0.6 is 0 Å². The third-order valence-corrected chi connectivity index (χ3v) is 5.34. The van der Waals surface area contributed by atoms with Crippen LogP contribution in [0.3, 0.4) is 0 Å². The molecule has 1 aliphatic carbocycles. The summed E-state index contributed by atoms with van der Waals surface area (Å²) >= 11 is 0. The average molecular weight is 283 g/mol. The van der Waals surface area contributed by atoms with Crippen LogP contribution in [-0.2, 0) is 0 Å². The van der Waals surface area contributed by atoms with E-state index in [1.165, 1.54) is 6.42 Å². The minimum absolute atomic E-state index is 0.0493. The second kappa shape index (κ2) is 5.91. The van der Waals surface area contributed by atoms with E-state index in [1.807, 2.05) is 0 Å². The number of nitrogens with zero attached hydrogens (tertiary/aromatic N) is 2. The zero-order valence-electron chi connectivity index (χ0n) is 13.9. The molecule has 4 heteroatoms. The molecule has 1 heterocycles. The summed E-state index contributed by atoms with van der Waals surface area (Å²) in [4.78, 5) is 5.11. The van der Waals surface area contributed by atoms with E-state index in [1.54, 1.807) is 0 Å². The molecular weight excluding hydrogens is 250 g/mol. The van der Waals surface area contributed by atoms with Crippen molar-refractivity contribution in [1.29, 1.82) is 0 Å². The van der Waals surface area contributed by atoms with Crippen molar-refractivity contribution in [3.8, 4) is 0 Å². The SMILES string of the molecule is CC(C)NC1(CO)CCC(N2CCN(C)C(C)(C)C2)C1. The maximum Gasteiger partial charge on any atom is 0.0614 e. The Balaban J connectivity index is 1.98. The van der Waals surface area contributed by atoms with Crippen molar-refractivity contribution < 1.29 is 5.11 Å². The van der Waals surface area contributed by atoms with Gasteiger partial charge in [-0.3, -0.25) is 9.80 Å². The van der Waals surface area contributed by atoms with Gasteiger partial charge >= 0.3 is 0 Å². The Morgan fingerprint density at radius 1 is 1.30 bits per heavy atom. The highest BCUT2D eigenvalue weighted by molar-refractivity contribution is 5.02. The normalized spacial score (nSPS) is 35.9. The number of rotatable bonds is 4. The Kier molecular flexibility index (Phi) is 4.80. The van der Waals surface area contributed by atoms with Crippen LogP contribution in [0.2, 0.25) is 0 Å². The second-order valence-electron chi connectivity index (χ2n) is 7.84. The molecule has 1 aliphatic heterocycles. The predicted molar refractivity (Wildman–Crippen MR) is 84.0 cm³/mol. The van der Waals surface area contributed by atoms with Gasteiger partial charge in [0.25, 0.3) is 0 Å². The molecule has 2 unspecified atom stereocenters. The molecule has 20 heavy (non-hydrogen) atoms. The molecule has 1 saturated heterocycles. The summed E-state index contributed by atoms with van der Waals surface area (Å²) in [6, 6.07) is 1.06. The summed E-state index contributed by atoms with van der Waals surface area (Å²) < 4.78 is 0. The maximum absolute atomic E-state index is 9.84. The summed E-state index contributed by atoms with van der Waals surface area (Å²) in [7, 11) is 2.23. The third kappa shape index (κ3) is 3.35. The molecule has 2 atom stereocenters. The zero-order chi connectivity index (χ0) is 15.0. The van der Waals surface area contributed by atoms with E-state index >= 15 is 0 Å². The van der Waals surface area contributed by atoms with Gasteiger partial charge in [0.1, 0.15) is 0 Å². The first kappa shape index (κ1) is 16.2. The summed E-state index contributed by atoms with van der Waals surface area (Å²) in [5.74, 6) is 0. The minimum atomic E-state index is -0.0493. The topological polar surface area (TPSA) is 38.7 Å². The third-order valence-electron chi connectivity index (χ3n) is 5.34.